The molecule has 4 aromatic rings. The molecule has 7 nitrogen and oxygen atoms in total. The second-order valence-corrected chi connectivity index (χ2v) is 8.33. The van der Waals surface area contributed by atoms with E-state index >= 15 is 0 Å². The molecule has 160 valence electrons. The van der Waals surface area contributed by atoms with Gasteiger partial charge >= 0.3 is 0 Å². The Morgan fingerprint density at radius 3 is 2.84 bits per heavy atom. The molecular formula is C23H25N5O2S. The maximum atomic E-state index is 13.3. The number of aromatic amines is 1. The summed E-state index contributed by atoms with van der Waals surface area (Å²) in [6.45, 7) is 0.647. The quantitative estimate of drug-likeness (QED) is 0.382. The molecule has 31 heavy (non-hydrogen) atoms. The average molecular weight is 436 g/mol. The Labute approximate surface area is 185 Å². The highest BCUT2D eigenvalue weighted by molar-refractivity contribution is 7.12. The number of carbonyl (C=O) groups is 1. The number of H-pyrrole nitrogens is 1. The summed E-state index contributed by atoms with van der Waals surface area (Å²) in [4.78, 5) is 23.4. The fourth-order valence-corrected chi connectivity index (χ4v) is 4.32. The van der Waals surface area contributed by atoms with Gasteiger partial charge in [-0.05, 0) is 43.7 Å². The second kappa shape index (κ2) is 9.20. The number of hydrogen-bond donors (Lipinski definition) is 3. The number of nitrogens with zero attached hydrogens (tertiary/aromatic N) is 2. The first kappa shape index (κ1) is 20.9. The van der Waals surface area contributed by atoms with Crippen molar-refractivity contribution in [3.63, 3.8) is 0 Å². The van der Waals surface area contributed by atoms with Gasteiger partial charge in [0.05, 0.1) is 24.5 Å². The van der Waals surface area contributed by atoms with E-state index in [9.17, 15) is 4.79 Å². The Morgan fingerprint density at radius 2 is 2.03 bits per heavy atom. The van der Waals surface area contributed by atoms with E-state index in [4.69, 9.17) is 4.74 Å². The number of benzene rings is 1. The molecule has 8 heteroatoms. The monoisotopic (exact) mass is 435 g/mol. The number of rotatable bonds is 8. The molecule has 0 fully saturated rings. The van der Waals surface area contributed by atoms with E-state index in [-0.39, 0.29) is 11.9 Å². The van der Waals surface area contributed by atoms with Crippen molar-refractivity contribution in [2.24, 2.45) is 0 Å². The van der Waals surface area contributed by atoms with Crippen molar-refractivity contribution in [1.29, 1.82) is 0 Å². The number of nitrogens with one attached hydrogen (secondary N) is 3. The molecule has 1 aromatic carbocycles. The van der Waals surface area contributed by atoms with Crippen molar-refractivity contribution in [3.8, 4) is 5.75 Å². The highest BCUT2D eigenvalue weighted by Gasteiger charge is 2.22. The summed E-state index contributed by atoms with van der Waals surface area (Å²) in [5.41, 5.74) is 3.41. The third-order valence-corrected chi connectivity index (χ3v) is 5.88. The summed E-state index contributed by atoms with van der Waals surface area (Å²) in [5, 5.41) is 9.47. The third-order valence-electron chi connectivity index (χ3n) is 4.97. The summed E-state index contributed by atoms with van der Waals surface area (Å²) in [6.07, 6.45) is 3.59. The van der Waals surface area contributed by atoms with Gasteiger partial charge in [0.25, 0.3) is 5.91 Å². The van der Waals surface area contributed by atoms with Gasteiger partial charge in [0.1, 0.15) is 16.3 Å². The molecule has 3 aromatic heterocycles. The number of ether oxygens (including phenoxy) is 1. The van der Waals surface area contributed by atoms with Crippen molar-refractivity contribution in [2.45, 2.75) is 6.04 Å². The zero-order chi connectivity index (χ0) is 21.8. The zero-order valence-electron chi connectivity index (χ0n) is 17.7. The van der Waals surface area contributed by atoms with E-state index in [1.54, 1.807) is 13.3 Å². The molecule has 3 N–H and O–H groups in total. The van der Waals surface area contributed by atoms with Crippen LogP contribution in [0.2, 0.25) is 0 Å². The van der Waals surface area contributed by atoms with Crippen LogP contribution in [-0.2, 0) is 0 Å². The van der Waals surface area contributed by atoms with Crippen molar-refractivity contribution in [3.05, 3.63) is 70.7 Å². The summed E-state index contributed by atoms with van der Waals surface area (Å²) >= 11 is 1.41. The normalized spacial score (nSPS) is 12.1. The van der Waals surface area contributed by atoms with Crippen LogP contribution in [-0.4, -0.2) is 48.5 Å². The minimum Gasteiger partial charge on any atom is -0.496 e. The second-order valence-electron chi connectivity index (χ2n) is 7.42. The third kappa shape index (κ3) is 4.55. The SMILES string of the molecule is COc1ccccc1C(CN(C)C)NC(=O)c1sccc1Nc1ccnc2[nH]ccc12. The van der Waals surface area contributed by atoms with E-state index in [0.29, 0.717) is 11.4 Å². The summed E-state index contributed by atoms with van der Waals surface area (Å²) < 4.78 is 5.53. The molecule has 3 heterocycles. The van der Waals surface area contributed by atoms with Gasteiger partial charge in [0, 0.05) is 29.9 Å². The van der Waals surface area contributed by atoms with Gasteiger partial charge in [-0.3, -0.25) is 4.79 Å². The lowest BCUT2D eigenvalue weighted by molar-refractivity contribution is 0.0934. The molecule has 0 bridgehead atoms. The lowest BCUT2D eigenvalue weighted by Gasteiger charge is -2.24. The minimum atomic E-state index is -0.217. The van der Waals surface area contributed by atoms with Crippen LogP contribution in [0.25, 0.3) is 11.0 Å². The molecule has 0 spiro atoms. The number of likely N-dealkylation sites (N-methyl/N-ethyl adjacent to an activating group) is 1. The fraction of sp³-hybridized carbons (Fsp3) is 0.217. The predicted molar refractivity (Wildman–Crippen MR) is 125 cm³/mol. The van der Waals surface area contributed by atoms with Gasteiger partial charge in [-0.25, -0.2) is 4.98 Å². The topological polar surface area (TPSA) is 82.3 Å². The van der Waals surface area contributed by atoms with Crippen LogP contribution in [0.3, 0.4) is 0 Å². The zero-order valence-corrected chi connectivity index (χ0v) is 18.5. The lowest BCUT2D eigenvalue weighted by Crippen LogP contribution is -2.35. The van der Waals surface area contributed by atoms with Gasteiger partial charge in [-0.15, -0.1) is 11.3 Å². The van der Waals surface area contributed by atoms with E-state index in [2.05, 4.69) is 20.6 Å². The Bertz CT molecular complexity index is 1180. The maximum Gasteiger partial charge on any atom is 0.264 e. The predicted octanol–water partition coefficient (Wildman–Crippen LogP) is 4.41. The number of para-hydroxylation sites is 1. The van der Waals surface area contributed by atoms with Crippen LogP contribution < -0.4 is 15.4 Å². The number of fused-ring (bicyclic) bond motifs is 1. The number of pyridine rings is 1. The Morgan fingerprint density at radius 1 is 1.19 bits per heavy atom. The highest BCUT2D eigenvalue weighted by atomic mass is 32.1. The molecular weight excluding hydrogens is 410 g/mol. The molecule has 0 saturated heterocycles. The van der Waals surface area contributed by atoms with Gasteiger partial charge < -0.3 is 25.3 Å². The van der Waals surface area contributed by atoms with E-state index < -0.39 is 0 Å². The number of anilines is 2. The molecule has 4 rings (SSSR count). The van der Waals surface area contributed by atoms with Crippen LogP contribution in [0.5, 0.6) is 5.75 Å². The minimum absolute atomic E-state index is 0.130. The van der Waals surface area contributed by atoms with Gasteiger partial charge in [-0.1, -0.05) is 18.2 Å². The first-order valence-corrected chi connectivity index (χ1v) is 10.8. The number of hydrogen-bond acceptors (Lipinski definition) is 6. The Balaban J connectivity index is 1.59. The van der Waals surface area contributed by atoms with Gasteiger partial charge in [0.2, 0.25) is 0 Å². The Kier molecular flexibility index (Phi) is 6.20. The van der Waals surface area contributed by atoms with Crippen LogP contribution >= 0.6 is 11.3 Å². The molecule has 0 aliphatic rings. The number of amides is 1. The van der Waals surface area contributed by atoms with Gasteiger partial charge in [-0.2, -0.15) is 0 Å². The standard InChI is InChI=1S/C23H25N5O2S/c1-28(2)14-19(15-6-4-5-7-20(15)30-3)27-23(29)21-18(10-13-31-21)26-17-9-12-25-22-16(17)8-11-24-22/h4-13,19H,14H2,1-3H3,(H,27,29)(H2,24,25,26). The fourth-order valence-electron chi connectivity index (χ4n) is 3.56. The van der Waals surface area contributed by atoms with E-state index in [0.717, 1.165) is 33.7 Å². The molecule has 0 aliphatic carbocycles. The highest BCUT2D eigenvalue weighted by Crippen LogP contribution is 2.31. The number of aromatic nitrogens is 2. The molecule has 1 atom stereocenters. The van der Waals surface area contributed by atoms with Crippen molar-refractivity contribution in [1.82, 2.24) is 20.2 Å². The summed E-state index contributed by atoms with van der Waals surface area (Å²) in [5.74, 6) is 0.625. The van der Waals surface area contributed by atoms with E-state index in [1.165, 1.54) is 11.3 Å². The van der Waals surface area contributed by atoms with E-state index in [1.807, 2.05) is 73.0 Å². The first-order valence-electron chi connectivity index (χ1n) is 9.92. The smallest absolute Gasteiger partial charge is 0.264 e. The molecule has 0 aliphatic heterocycles. The van der Waals surface area contributed by atoms with Crippen molar-refractivity contribution >= 4 is 39.7 Å². The molecule has 1 unspecified atom stereocenters. The first-order chi connectivity index (χ1) is 15.1. The van der Waals surface area contributed by atoms with Crippen LogP contribution in [0.15, 0.2) is 60.2 Å². The largest absolute Gasteiger partial charge is 0.496 e. The molecule has 0 saturated carbocycles. The van der Waals surface area contributed by atoms with Crippen molar-refractivity contribution < 1.29 is 9.53 Å². The summed E-state index contributed by atoms with van der Waals surface area (Å²) in [6, 6.07) is 13.3. The van der Waals surface area contributed by atoms with Crippen LogP contribution in [0.4, 0.5) is 11.4 Å². The molecule has 1 amide bonds. The van der Waals surface area contributed by atoms with Crippen molar-refractivity contribution in [2.75, 3.05) is 33.1 Å². The Hall–Kier alpha value is -3.36. The van der Waals surface area contributed by atoms with Crippen LogP contribution in [0.1, 0.15) is 21.3 Å². The average Bonchev–Trinajstić information content (AvgIpc) is 3.43. The number of carbonyl (C=O) groups excluding carboxylic acids is 1. The maximum absolute atomic E-state index is 13.3. The number of methoxy groups -OCH3 is 1. The van der Waals surface area contributed by atoms with Crippen LogP contribution in [0, 0.1) is 0 Å². The lowest BCUT2D eigenvalue weighted by atomic mass is 10.0. The number of thiophene rings is 1. The molecule has 0 radical (unpaired) electrons. The summed E-state index contributed by atoms with van der Waals surface area (Å²) in [7, 11) is 5.61. The van der Waals surface area contributed by atoms with Gasteiger partial charge in [0.15, 0.2) is 0 Å².